The van der Waals surface area contributed by atoms with Gasteiger partial charge in [0.15, 0.2) is 4.34 Å². The van der Waals surface area contributed by atoms with Gasteiger partial charge in [-0.05, 0) is 31.2 Å². The number of esters is 1. The smallest absolute Gasteiger partial charge is 0.316 e. The van der Waals surface area contributed by atoms with Crippen molar-refractivity contribution in [3.05, 3.63) is 54.2 Å². The van der Waals surface area contributed by atoms with Gasteiger partial charge in [0.05, 0.1) is 17.9 Å². The van der Waals surface area contributed by atoms with Crippen molar-refractivity contribution in [3.8, 4) is 0 Å². The predicted molar refractivity (Wildman–Crippen MR) is 110 cm³/mol. The highest BCUT2D eigenvalue weighted by atomic mass is 32.2. The number of ether oxygens (including phenoxy) is 1. The number of nitrogens with zero attached hydrogens (tertiary/aromatic N) is 3. The molecule has 1 aromatic carbocycles. The van der Waals surface area contributed by atoms with Crippen LogP contribution in [-0.4, -0.2) is 39.4 Å². The highest BCUT2D eigenvalue weighted by Crippen LogP contribution is 2.30. The number of amides is 1. The molecule has 3 rings (SSSR count). The number of carbonyl (C=O) groups is 2. The summed E-state index contributed by atoms with van der Waals surface area (Å²) >= 11 is 3.83. The number of benzene rings is 1. The van der Waals surface area contributed by atoms with Crippen LogP contribution in [0.15, 0.2) is 62.9 Å². The monoisotopic (exact) mass is 432 g/mol. The zero-order valence-corrected chi connectivity index (χ0v) is 17.3. The van der Waals surface area contributed by atoms with E-state index < -0.39 is 0 Å². The lowest BCUT2D eigenvalue weighted by atomic mass is 10.3. The predicted octanol–water partition coefficient (Wildman–Crippen LogP) is 3.99. The summed E-state index contributed by atoms with van der Waals surface area (Å²) in [4.78, 5) is 29.4. The molecule has 0 bridgehead atoms. The number of carbonyl (C=O) groups excluding carboxylic acids is 2. The lowest BCUT2D eigenvalue weighted by molar-refractivity contribution is -0.139. The highest BCUT2D eigenvalue weighted by molar-refractivity contribution is 8.01. The molecule has 0 fully saturated rings. The second-order valence-corrected chi connectivity index (χ2v) is 8.45. The van der Waals surface area contributed by atoms with Crippen molar-refractivity contribution >= 4 is 51.9 Å². The van der Waals surface area contributed by atoms with E-state index in [0.717, 1.165) is 4.90 Å². The summed E-state index contributed by atoms with van der Waals surface area (Å²) in [6, 6.07) is 13.1. The maximum Gasteiger partial charge on any atom is 0.316 e. The Hall–Kier alpha value is -2.43. The normalized spacial score (nSPS) is 10.5. The van der Waals surface area contributed by atoms with E-state index >= 15 is 0 Å². The Morgan fingerprint density at radius 1 is 1.14 bits per heavy atom. The standard InChI is InChI=1S/C18H16N4O3S3/c1-2-25-14(23)11-26-18-22-21-17(28-18)20-15(24)13-9-6-10-19-16(13)27-12-7-4-3-5-8-12/h3-10H,2,11H2,1H3,(H,20,21,24). The van der Waals surface area contributed by atoms with Gasteiger partial charge in [0, 0.05) is 11.1 Å². The van der Waals surface area contributed by atoms with Crippen LogP contribution in [0.2, 0.25) is 0 Å². The van der Waals surface area contributed by atoms with E-state index in [2.05, 4.69) is 20.5 Å². The number of nitrogens with one attached hydrogen (secondary N) is 1. The maximum atomic E-state index is 12.7. The Bertz CT molecular complexity index is 950. The van der Waals surface area contributed by atoms with Gasteiger partial charge in [-0.15, -0.1) is 10.2 Å². The molecule has 10 heteroatoms. The molecule has 7 nitrogen and oxygen atoms in total. The Morgan fingerprint density at radius 2 is 1.96 bits per heavy atom. The number of anilines is 1. The number of hydrogen-bond donors (Lipinski definition) is 1. The Kier molecular flexibility index (Phi) is 7.40. The number of hydrogen-bond acceptors (Lipinski definition) is 9. The third kappa shape index (κ3) is 5.78. The molecule has 0 unspecified atom stereocenters. The summed E-state index contributed by atoms with van der Waals surface area (Å²) < 4.78 is 5.45. The van der Waals surface area contributed by atoms with Crippen molar-refractivity contribution < 1.29 is 14.3 Å². The fourth-order valence-corrected chi connectivity index (χ4v) is 4.50. The largest absolute Gasteiger partial charge is 0.465 e. The van der Waals surface area contributed by atoms with Crippen LogP contribution < -0.4 is 5.32 Å². The van der Waals surface area contributed by atoms with Gasteiger partial charge in [0.25, 0.3) is 5.91 Å². The molecule has 2 heterocycles. The first-order chi connectivity index (χ1) is 13.7. The summed E-state index contributed by atoms with van der Waals surface area (Å²) in [6.45, 7) is 2.09. The van der Waals surface area contributed by atoms with Crippen LogP contribution in [0.3, 0.4) is 0 Å². The molecule has 0 spiro atoms. The summed E-state index contributed by atoms with van der Waals surface area (Å²) in [5.74, 6) is -0.479. The molecule has 3 aromatic rings. The molecule has 28 heavy (non-hydrogen) atoms. The minimum atomic E-state index is -0.315. The molecule has 2 aromatic heterocycles. The van der Waals surface area contributed by atoms with Gasteiger partial charge in [0.2, 0.25) is 5.13 Å². The molecule has 0 saturated carbocycles. The first-order valence-electron chi connectivity index (χ1n) is 8.27. The van der Waals surface area contributed by atoms with Gasteiger partial charge >= 0.3 is 5.97 Å². The third-order valence-corrected chi connectivity index (χ3v) is 6.19. The van der Waals surface area contributed by atoms with Crippen molar-refractivity contribution in [2.45, 2.75) is 21.2 Å². The lowest BCUT2D eigenvalue weighted by Gasteiger charge is -2.07. The molecule has 1 N–H and O–H groups in total. The third-order valence-electron chi connectivity index (χ3n) is 3.22. The second-order valence-electron chi connectivity index (χ2n) is 5.19. The topological polar surface area (TPSA) is 94.1 Å². The van der Waals surface area contributed by atoms with E-state index in [9.17, 15) is 9.59 Å². The van der Waals surface area contributed by atoms with Crippen molar-refractivity contribution in [2.24, 2.45) is 0 Å². The minimum absolute atomic E-state index is 0.150. The fourth-order valence-electron chi connectivity index (χ4n) is 2.05. The summed E-state index contributed by atoms with van der Waals surface area (Å²) in [5, 5.41) is 11.6. The van der Waals surface area contributed by atoms with Crippen LogP contribution >= 0.6 is 34.9 Å². The van der Waals surface area contributed by atoms with E-state index in [1.807, 2.05) is 30.3 Å². The number of thioether (sulfide) groups is 1. The Labute approximate surface area is 174 Å². The molecule has 0 atom stereocenters. The van der Waals surface area contributed by atoms with Crippen molar-refractivity contribution in [1.29, 1.82) is 0 Å². The zero-order chi connectivity index (χ0) is 19.8. The molecular weight excluding hydrogens is 416 g/mol. The van der Waals surface area contributed by atoms with Crippen LogP contribution in [-0.2, 0) is 9.53 Å². The summed E-state index contributed by atoms with van der Waals surface area (Å²) in [6.07, 6.45) is 1.65. The Balaban J connectivity index is 1.65. The van der Waals surface area contributed by atoms with E-state index in [1.54, 1.807) is 25.3 Å². The van der Waals surface area contributed by atoms with Gasteiger partial charge in [-0.3, -0.25) is 14.9 Å². The average molecular weight is 433 g/mol. The van der Waals surface area contributed by atoms with Crippen molar-refractivity contribution in [1.82, 2.24) is 15.2 Å². The number of aromatic nitrogens is 3. The van der Waals surface area contributed by atoms with Gasteiger partial charge in [-0.25, -0.2) is 4.98 Å². The molecule has 1 amide bonds. The van der Waals surface area contributed by atoms with Crippen LogP contribution in [0, 0.1) is 0 Å². The van der Waals surface area contributed by atoms with Gasteiger partial charge < -0.3 is 4.74 Å². The maximum absolute atomic E-state index is 12.7. The van der Waals surface area contributed by atoms with E-state index in [0.29, 0.717) is 26.7 Å². The van der Waals surface area contributed by atoms with E-state index in [-0.39, 0.29) is 17.6 Å². The van der Waals surface area contributed by atoms with Gasteiger partial charge in [-0.1, -0.05) is 53.1 Å². The summed E-state index contributed by atoms with van der Waals surface area (Å²) in [5.41, 5.74) is 0.451. The second kappa shape index (κ2) is 10.2. The first kappa shape index (κ1) is 20.3. The number of rotatable bonds is 8. The highest BCUT2D eigenvalue weighted by Gasteiger charge is 2.16. The van der Waals surface area contributed by atoms with Crippen LogP contribution in [0.4, 0.5) is 5.13 Å². The zero-order valence-electron chi connectivity index (χ0n) is 14.8. The molecule has 144 valence electrons. The molecule has 0 aliphatic heterocycles. The molecular formula is C18H16N4O3S3. The van der Waals surface area contributed by atoms with Crippen molar-refractivity contribution in [2.75, 3.05) is 17.7 Å². The van der Waals surface area contributed by atoms with Crippen LogP contribution in [0.5, 0.6) is 0 Å². The molecule has 0 aliphatic carbocycles. The molecule has 0 aliphatic rings. The van der Waals surface area contributed by atoms with Crippen molar-refractivity contribution in [3.63, 3.8) is 0 Å². The fraction of sp³-hybridized carbons (Fsp3) is 0.167. The lowest BCUT2D eigenvalue weighted by Crippen LogP contribution is -2.13. The minimum Gasteiger partial charge on any atom is -0.465 e. The quantitative estimate of drug-likeness (QED) is 0.324. The van der Waals surface area contributed by atoms with Gasteiger partial charge in [0.1, 0.15) is 5.03 Å². The average Bonchev–Trinajstić information content (AvgIpc) is 3.15. The van der Waals surface area contributed by atoms with E-state index in [4.69, 9.17) is 4.74 Å². The van der Waals surface area contributed by atoms with Gasteiger partial charge in [-0.2, -0.15) is 0 Å². The molecule has 0 radical (unpaired) electrons. The Morgan fingerprint density at radius 3 is 2.75 bits per heavy atom. The SMILES string of the molecule is CCOC(=O)CSc1nnc(NC(=O)c2cccnc2Sc2ccccc2)s1. The van der Waals surface area contributed by atoms with Crippen LogP contribution in [0.25, 0.3) is 0 Å². The first-order valence-corrected chi connectivity index (χ1v) is 10.9. The number of pyridine rings is 1. The van der Waals surface area contributed by atoms with Crippen LogP contribution in [0.1, 0.15) is 17.3 Å². The molecule has 0 saturated heterocycles. The summed E-state index contributed by atoms with van der Waals surface area (Å²) in [7, 11) is 0. The van der Waals surface area contributed by atoms with E-state index in [1.165, 1.54) is 34.9 Å².